The molecule has 7 nitrogen and oxygen atoms in total. The second kappa shape index (κ2) is 7.29. The lowest BCUT2D eigenvalue weighted by Crippen LogP contribution is -2.51. The van der Waals surface area contributed by atoms with Gasteiger partial charge in [-0.1, -0.05) is 13.0 Å². The van der Waals surface area contributed by atoms with Gasteiger partial charge in [0.2, 0.25) is 5.95 Å². The molecule has 7 heteroatoms. The van der Waals surface area contributed by atoms with Gasteiger partial charge in [-0.25, -0.2) is 4.98 Å². The van der Waals surface area contributed by atoms with Crippen molar-refractivity contribution < 1.29 is 4.74 Å². The fraction of sp³-hybridized carbons (Fsp3) is 0.421. The van der Waals surface area contributed by atoms with Crippen molar-refractivity contribution in [3.63, 3.8) is 0 Å². The summed E-state index contributed by atoms with van der Waals surface area (Å²) in [6.07, 6.45) is 4.74. The van der Waals surface area contributed by atoms with Crippen LogP contribution in [0.5, 0.6) is 5.75 Å². The summed E-state index contributed by atoms with van der Waals surface area (Å²) in [4.78, 5) is 15.8. The Labute approximate surface area is 153 Å². The molecule has 2 aliphatic heterocycles. The molecule has 3 heterocycles. The first kappa shape index (κ1) is 16.8. The highest BCUT2D eigenvalue weighted by Crippen LogP contribution is 2.28. The molecular weight excluding hydrogens is 328 g/mol. The zero-order valence-corrected chi connectivity index (χ0v) is 15.2. The van der Waals surface area contributed by atoms with Crippen LogP contribution in [0.2, 0.25) is 0 Å². The van der Waals surface area contributed by atoms with Gasteiger partial charge >= 0.3 is 0 Å². The van der Waals surface area contributed by atoms with Crippen LogP contribution in [0.25, 0.3) is 0 Å². The van der Waals surface area contributed by atoms with Crippen LogP contribution >= 0.6 is 0 Å². The van der Waals surface area contributed by atoms with Gasteiger partial charge in [0, 0.05) is 37.6 Å². The standard InChI is InChI=1S/C19H24N6O/c1-3-15-12-25(7-6-21-15)19-22-11-17(26-2)18(24-19)23-16-5-4-13-9-20-10-14(13)8-16/h4-5,8,10-11,15,21H,3,6-7,9,12H2,1-2H3,(H,22,23,24). The summed E-state index contributed by atoms with van der Waals surface area (Å²) in [5, 5.41) is 6.90. The first-order valence-electron chi connectivity index (χ1n) is 9.06. The minimum atomic E-state index is 0.474. The lowest BCUT2D eigenvalue weighted by Gasteiger charge is -2.33. The summed E-state index contributed by atoms with van der Waals surface area (Å²) >= 11 is 0. The minimum absolute atomic E-state index is 0.474. The number of ether oxygens (including phenoxy) is 1. The molecule has 0 amide bonds. The van der Waals surface area contributed by atoms with Crippen LogP contribution in [0, 0.1) is 0 Å². The molecule has 1 unspecified atom stereocenters. The van der Waals surface area contributed by atoms with E-state index in [-0.39, 0.29) is 0 Å². The molecule has 0 aliphatic carbocycles. The molecule has 1 aromatic heterocycles. The maximum absolute atomic E-state index is 5.45. The molecule has 0 radical (unpaired) electrons. The fourth-order valence-electron chi connectivity index (χ4n) is 3.35. The number of piperazine rings is 1. The molecule has 26 heavy (non-hydrogen) atoms. The molecule has 2 aliphatic rings. The van der Waals surface area contributed by atoms with E-state index in [9.17, 15) is 0 Å². The smallest absolute Gasteiger partial charge is 0.227 e. The summed E-state index contributed by atoms with van der Waals surface area (Å²) in [7, 11) is 1.64. The van der Waals surface area contributed by atoms with Crippen LogP contribution in [0.15, 0.2) is 29.4 Å². The van der Waals surface area contributed by atoms with Gasteiger partial charge in [0.1, 0.15) is 0 Å². The molecule has 0 saturated carbocycles. The average Bonchev–Trinajstić information content (AvgIpc) is 3.16. The van der Waals surface area contributed by atoms with Gasteiger partial charge < -0.3 is 20.3 Å². The Balaban J connectivity index is 1.59. The summed E-state index contributed by atoms with van der Waals surface area (Å²) in [5.41, 5.74) is 3.36. The monoisotopic (exact) mass is 352 g/mol. The molecule has 1 aromatic carbocycles. The third-order valence-electron chi connectivity index (χ3n) is 4.89. The zero-order valence-electron chi connectivity index (χ0n) is 15.2. The number of rotatable bonds is 5. The number of nitrogens with zero attached hydrogens (tertiary/aromatic N) is 4. The van der Waals surface area contributed by atoms with Crippen molar-refractivity contribution in [1.29, 1.82) is 0 Å². The SMILES string of the molecule is CCC1CN(c2ncc(OC)c(Nc3ccc4c(c3)C=NC4)n2)CCN1. The topological polar surface area (TPSA) is 74.7 Å². The van der Waals surface area contributed by atoms with Crippen molar-refractivity contribution in [2.24, 2.45) is 4.99 Å². The van der Waals surface area contributed by atoms with E-state index in [2.05, 4.69) is 44.6 Å². The summed E-state index contributed by atoms with van der Waals surface area (Å²) in [6, 6.07) is 6.71. The largest absolute Gasteiger partial charge is 0.491 e. The number of hydrogen-bond donors (Lipinski definition) is 2. The van der Waals surface area contributed by atoms with E-state index in [1.807, 2.05) is 12.3 Å². The highest BCUT2D eigenvalue weighted by molar-refractivity contribution is 5.86. The Morgan fingerprint density at radius 1 is 1.38 bits per heavy atom. The van der Waals surface area contributed by atoms with Gasteiger partial charge in [-0.15, -0.1) is 0 Å². The number of methoxy groups -OCH3 is 1. The summed E-state index contributed by atoms with van der Waals surface area (Å²) in [5.74, 6) is 2.04. The third kappa shape index (κ3) is 3.35. The van der Waals surface area contributed by atoms with Gasteiger partial charge in [0.25, 0.3) is 0 Å². The van der Waals surface area contributed by atoms with Crippen LogP contribution in [0.3, 0.4) is 0 Å². The molecule has 1 atom stereocenters. The summed E-state index contributed by atoms with van der Waals surface area (Å²) < 4.78 is 5.45. The van der Waals surface area contributed by atoms with E-state index >= 15 is 0 Å². The highest BCUT2D eigenvalue weighted by Gasteiger charge is 2.21. The Bertz CT molecular complexity index is 822. The van der Waals surface area contributed by atoms with Crippen molar-refractivity contribution in [2.45, 2.75) is 25.9 Å². The van der Waals surface area contributed by atoms with Crippen LogP contribution in [0.1, 0.15) is 24.5 Å². The number of fused-ring (bicyclic) bond motifs is 1. The van der Waals surface area contributed by atoms with Crippen molar-refractivity contribution in [2.75, 3.05) is 37.0 Å². The van der Waals surface area contributed by atoms with Crippen LogP contribution in [0.4, 0.5) is 17.5 Å². The van der Waals surface area contributed by atoms with Crippen molar-refractivity contribution in [1.82, 2.24) is 15.3 Å². The van der Waals surface area contributed by atoms with Gasteiger partial charge in [0.05, 0.1) is 19.9 Å². The summed E-state index contributed by atoms with van der Waals surface area (Å²) in [6.45, 7) is 5.72. The van der Waals surface area contributed by atoms with E-state index in [0.717, 1.165) is 49.8 Å². The lowest BCUT2D eigenvalue weighted by molar-refractivity contribution is 0.411. The third-order valence-corrected chi connectivity index (χ3v) is 4.89. The maximum atomic E-state index is 5.45. The number of aromatic nitrogens is 2. The van der Waals surface area contributed by atoms with Crippen LogP contribution in [-0.2, 0) is 6.54 Å². The molecule has 1 fully saturated rings. The first-order chi connectivity index (χ1) is 12.8. The normalized spacial score (nSPS) is 18.7. The van der Waals surface area contributed by atoms with Crippen LogP contribution < -0.4 is 20.3 Å². The highest BCUT2D eigenvalue weighted by atomic mass is 16.5. The number of anilines is 3. The average molecular weight is 352 g/mol. The Hall–Kier alpha value is -2.67. The second-order valence-electron chi connectivity index (χ2n) is 6.60. The molecule has 4 rings (SSSR count). The second-order valence-corrected chi connectivity index (χ2v) is 6.60. The van der Waals surface area contributed by atoms with Gasteiger partial charge in [0.15, 0.2) is 11.6 Å². The van der Waals surface area contributed by atoms with E-state index in [4.69, 9.17) is 9.72 Å². The predicted octanol–water partition coefficient (Wildman–Crippen LogP) is 2.35. The first-order valence-corrected chi connectivity index (χ1v) is 9.06. The van der Waals surface area contributed by atoms with Crippen molar-refractivity contribution in [3.05, 3.63) is 35.5 Å². The molecule has 2 aromatic rings. The van der Waals surface area contributed by atoms with Gasteiger partial charge in [-0.3, -0.25) is 4.99 Å². The Morgan fingerprint density at radius 3 is 3.15 bits per heavy atom. The zero-order chi connectivity index (χ0) is 17.9. The van der Waals surface area contributed by atoms with Gasteiger partial charge in [-0.05, 0) is 29.7 Å². The predicted molar refractivity (Wildman–Crippen MR) is 104 cm³/mol. The minimum Gasteiger partial charge on any atom is -0.491 e. The number of hydrogen-bond acceptors (Lipinski definition) is 7. The molecule has 1 saturated heterocycles. The van der Waals surface area contributed by atoms with E-state index in [0.29, 0.717) is 17.6 Å². The molecule has 2 N–H and O–H groups in total. The number of nitrogens with one attached hydrogen (secondary N) is 2. The van der Waals surface area contributed by atoms with E-state index in [1.54, 1.807) is 13.3 Å². The molecular formula is C19H24N6O. The Morgan fingerprint density at radius 2 is 2.31 bits per heavy atom. The number of aliphatic imine (C=N–C) groups is 1. The van der Waals surface area contributed by atoms with Gasteiger partial charge in [-0.2, -0.15) is 4.98 Å². The maximum Gasteiger partial charge on any atom is 0.227 e. The van der Waals surface area contributed by atoms with Crippen molar-refractivity contribution in [3.8, 4) is 5.75 Å². The van der Waals surface area contributed by atoms with E-state index < -0.39 is 0 Å². The molecule has 136 valence electrons. The van der Waals surface area contributed by atoms with E-state index in [1.165, 1.54) is 5.56 Å². The van der Waals surface area contributed by atoms with Crippen LogP contribution in [-0.4, -0.2) is 49.0 Å². The quantitative estimate of drug-likeness (QED) is 0.860. The molecule has 0 bridgehead atoms. The molecule has 0 spiro atoms. The number of benzene rings is 1. The Kier molecular flexibility index (Phi) is 4.71. The van der Waals surface area contributed by atoms with Crippen molar-refractivity contribution >= 4 is 23.7 Å². The lowest BCUT2D eigenvalue weighted by atomic mass is 10.1. The fourth-order valence-corrected chi connectivity index (χ4v) is 3.35.